The molecule has 0 unspecified atom stereocenters. The van der Waals surface area contributed by atoms with Crippen molar-refractivity contribution in [1.82, 2.24) is 0 Å². The number of hydrogen-bond acceptors (Lipinski definition) is 1. The van der Waals surface area contributed by atoms with Gasteiger partial charge >= 0.3 is 0 Å². The van der Waals surface area contributed by atoms with Gasteiger partial charge in [-0.3, -0.25) is 0 Å². The van der Waals surface area contributed by atoms with Crippen LogP contribution in [0, 0.1) is 12.0 Å². The lowest BCUT2D eigenvalue weighted by molar-refractivity contribution is -0.125. The Hall–Kier alpha value is -0.550. The lowest BCUT2D eigenvalue weighted by atomic mass is 9.51. The third-order valence-electron chi connectivity index (χ3n) is 4.85. The van der Waals surface area contributed by atoms with Crippen molar-refractivity contribution in [3.8, 4) is 0 Å². The molecule has 2 aliphatic rings. The minimum Gasteiger partial charge on any atom is -0.381 e. The average Bonchev–Trinajstić information content (AvgIpc) is 2.17. The Labute approximate surface area is 92.5 Å². The van der Waals surface area contributed by atoms with Crippen LogP contribution in [0.4, 0.5) is 0 Å². The fraction of sp³-hybridized carbons (Fsp3) is 0.923. The van der Waals surface area contributed by atoms with E-state index in [1.807, 2.05) is 0 Å². The second-order valence-electron chi connectivity index (χ2n) is 5.95. The zero-order valence-electron chi connectivity index (χ0n) is 9.84. The summed E-state index contributed by atoms with van der Waals surface area (Å²) in [6.45, 7) is 11.9. The molecule has 0 aliphatic heterocycles. The van der Waals surface area contributed by atoms with Crippen LogP contribution in [0.2, 0.25) is 0 Å². The molecule has 0 amide bonds. The Kier molecular flexibility index (Phi) is 2.35. The molecule has 0 bridgehead atoms. The van der Waals surface area contributed by atoms with E-state index in [1.165, 1.54) is 0 Å². The van der Waals surface area contributed by atoms with Gasteiger partial charge in [-0.15, -0.1) is 0 Å². The first-order valence-corrected chi connectivity index (χ1v) is 6.09. The smallest absolute Gasteiger partial charge is 0.265 e. The van der Waals surface area contributed by atoms with Crippen LogP contribution >= 0.6 is 0 Å². The zero-order valence-corrected chi connectivity index (χ0v) is 9.84. The monoisotopic (exact) mass is 207 g/mol. The summed E-state index contributed by atoms with van der Waals surface area (Å²) in [5.74, 6) is 0. The van der Waals surface area contributed by atoms with Crippen LogP contribution in [0.3, 0.4) is 0 Å². The van der Waals surface area contributed by atoms with Crippen molar-refractivity contribution in [3.05, 3.63) is 11.4 Å². The lowest BCUT2D eigenvalue weighted by Crippen LogP contribution is -2.64. The molecule has 0 saturated heterocycles. The topological polar surface area (TPSA) is 24.6 Å². The molecule has 2 aliphatic carbocycles. The van der Waals surface area contributed by atoms with Gasteiger partial charge in [-0.2, -0.15) is 0 Å². The first-order chi connectivity index (χ1) is 6.97. The van der Waals surface area contributed by atoms with Crippen molar-refractivity contribution in [2.75, 3.05) is 0 Å². The Morgan fingerprint density at radius 1 is 1.00 bits per heavy atom. The highest BCUT2D eigenvalue weighted by Crippen LogP contribution is 2.57. The normalized spacial score (nSPS) is 44.1. The number of fused-ring (bicyclic) bond motifs is 1. The summed E-state index contributed by atoms with van der Waals surface area (Å²) >= 11 is 0. The van der Waals surface area contributed by atoms with Crippen LogP contribution in [0.25, 0.3) is 4.85 Å². The predicted molar refractivity (Wildman–Crippen MR) is 60.4 cm³/mol. The first kappa shape index (κ1) is 11.0. The summed E-state index contributed by atoms with van der Waals surface area (Å²) in [6.07, 6.45) is 6.90. The summed E-state index contributed by atoms with van der Waals surface area (Å²) in [7, 11) is 0. The Morgan fingerprint density at radius 2 is 1.60 bits per heavy atom. The van der Waals surface area contributed by atoms with E-state index < -0.39 is 11.1 Å². The fourth-order valence-electron chi connectivity index (χ4n) is 3.88. The van der Waals surface area contributed by atoms with Crippen molar-refractivity contribution < 1.29 is 5.11 Å². The van der Waals surface area contributed by atoms with Gasteiger partial charge in [0.1, 0.15) is 5.60 Å². The van der Waals surface area contributed by atoms with E-state index in [2.05, 4.69) is 18.7 Å². The Bertz CT molecular complexity index is 300. The average molecular weight is 207 g/mol. The summed E-state index contributed by atoms with van der Waals surface area (Å²) in [6, 6.07) is 0. The minimum absolute atomic E-state index is 0.0256. The van der Waals surface area contributed by atoms with Crippen LogP contribution in [-0.4, -0.2) is 16.2 Å². The van der Waals surface area contributed by atoms with Crippen molar-refractivity contribution in [3.63, 3.8) is 0 Å². The van der Waals surface area contributed by atoms with Gasteiger partial charge in [-0.25, -0.2) is 6.57 Å². The van der Waals surface area contributed by atoms with E-state index >= 15 is 0 Å². The van der Waals surface area contributed by atoms with E-state index in [0.717, 1.165) is 44.9 Å². The highest BCUT2D eigenvalue weighted by Gasteiger charge is 2.67. The van der Waals surface area contributed by atoms with Gasteiger partial charge in [-0.05, 0) is 38.5 Å². The van der Waals surface area contributed by atoms with E-state index in [1.54, 1.807) is 0 Å². The number of hydrogen-bond donors (Lipinski definition) is 1. The highest BCUT2D eigenvalue weighted by molar-refractivity contribution is 5.23. The van der Waals surface area contributed by atoms with Gasteiger partial charge in [0, 0.05) is 11.8 Å². The molecule has 0 aromatic heterocycles. The molecule has 0 aromatic rings. The minimum atomic E-state index is -0.700. The SMILES string of the molecule is [C-]#[N+][C@]12CCCC[C@@]1(O)CCCC2(C)C. The summed E-state index contributed by atoms with van der Waals surface area (Å²) in [5, 5.41) is 10.8. The third-order valence-corrected chi connectivity index (χ3v) is 4.85. The van der Waals surface area contributed by atoms with Crippen LogP contribution in [0.5, 0.6) is 0 Å². The van der Waals surface area contributed by atoms with Gasteiger partial charge < -0.3 is 9.95 Å². The Balaban J connectivity index is 2.47. The molecule has 2 heteroatoms. The van der Waals surface area contributed by atoms with Gasteiger partial charge in [0.05, 0.1) is 0 Å². The van der Waals surface area contributed by atoms with Crippen molar-refractivity contribution >= 4 is 0 Å². The third kappa shape index (κ3) is 1.26. The van der Waals surface area contributed by atoms with Crippen molar-refractivity contribution in [1.29, 1.82) is 0 Å². The van der Waals surface area contributed by atoms with Gasteiger partial charge in [0.2, 0.25) is 0 Å². The van der Waals surface area contributed by atoms with E-state index in [9.17, 15) is 5.11 Å². The summed E-state index contributed by atoms with van der Waals surface area (Å²) in [4.78, 5) is 3.93. The quantitative estimate of drug-likeness (QED) is 0.606. The molecular formula is C13H21NO. The van der Waals surface area contributed by atoms with Crippen LogP contribution in [0.15, 0.2) is 0 Å². The molecule has 0 spiro atoms. The molecular weight excluding hydrogens is 186 g/mol. The molecule has 0 aromatic carbocycles. The fourth-order valence-corrected chi connectivity index (χ4v) is 3.88. The first-order valence-electron chi connectivity index (χ1n) is 6.09. The largest absolute Gasteiger partial charge is 0.381 e. The second kappa shape index (κ2) is 3.22. The molecule has 1 N–H and O–H groups in total. The molecule has 2 atom stereocenters. The zero-order chi connectivity index (χ0) is 11.2. The molecule has 0 heterocycles. The molecule has 2 nitrogen and oxygen atoms in total. The maximum atomic E-state index is 10.8. The van der Waals surface area contributed by atoms with Gasteiger partial charge in [-0.1, -0.05) is 13.8 Å². The van der Waals surface area contributed by atoms with Gasteiger partial charge in [0.25, 0.3) is 5.54 Å². The molecule has 84 valence electrons. The van der Waals surface area contributed by atoms with E-state index in [-0.39, 0.29) is 5.41 Å². The molecule has 2 fully saturated rings. The van der Waals surface area contributed by atoms with Crippen LogP contribution in [-0.2, 0) is 0 Å². The highest BCUT2D eigenvalue weighted by atomic mass is 16.3. The number of nitrogens with zero attached hydrogens (tertiary/aromatic N) is 1. The molecule has 0 radical (unpaired) electrons. The van der Waals surface area contributed by atoms with Crippen LogP contribution in [0.1, 0.15) is 58.8 Å². The van der Waals surface area contributed by atoms with Crippen molar-refractivity contribution in [2.24, 2.45) is 5.41 Å². The maximum Gasteiger partial charge on any atom is 0.265 e. The van der Waals surface area contributed by atoms with Gasteiger partial charge in [0.15, 0.2) is 0 Å². The van der Waals surface area contributed by atoms with Crippen LogP contribution < -0.4 is 0 Å². The maximum absolute atomic E-state index is 10.8. The summed E-state index contributed by atoms with van der Waals surface area (Å²) in [5.41, 5.74) is -1.23. The predicted octanol–water partition coefficient (Wildman–Crippen LogP) is 3.16. The number of rotatable bonds is 0. The van der Waals surface area contributed by atoms with E-state index in [4.69, 9.17) is 6.57 Å². The number of aliphatic hydroxyl groups is 1. The lowest BCUT2D eigenvalue weighted by Gasteiger charge is -2.53. The molecule has 2 rings (SSSR count). The molecule has 15 heavy (non-hydrogen) atoms. The van der Waals surface area contributed by atoms with Crippen molar-refractivity contribution in [2.45, 2.75) is 69.9 Å². The Morgan fingerprint density at radius 3 is 2.20 bits per heavy atom. The molecule has 2 saturated carbocycles. The van der Waals surface area contributed by atoms with E-state index in [0.29, 0.717) is 0 Å². The summed E-state index contributed by atoms with van der Waals surface area (Å²) < 4.78 is 0. The second-order valence-corrected chi connectivity index (χ2v) is 5.95. The standard InChI is InChI=1S/C13H21NO/c1-11(2)7-6-9-12(15)8-4-5-10-13(11,12)14-3/h15H,4-10H2,1-2H3/t12-,13+/m1/s1.